The van der Waals surface area contributed by atoms with Gasteiger partial charge >= 0.3 is 0 Å². The Kier molecular flexibility index (Phi) is 6.73. The van der Waals surface area contributed by atoms with Gasteiger partial charge in [-0.25, -0.2) is 0 Å². The van der Waals surface area contributed by atoms with Crippen molar-refractivity contribution in [2.75, 3.05) is 6.54 Å². The Morgan fingerprint density at radius 2 is 2.00 bits per heavy atom. The highest BCUT2D eigenvalue weighted by atomic mass is 35.5. The van der Waals surface area contributed by atoms with E-state index in [0.29, 0.717) is 28.5 Å². The summed E-state index contributed by atoms with van der Waals surface area (Å²) in [6.45, 7) is 9.61. The minimum Gasteiger partial charge on any atom is -0.370 e. The van der Waals surface area contributed by atoms with Crippen molar-refractivity contribution in [3.05, 3.63) is 51.3 Å². The number of nitrogens with zero attached hydrogens (tertiary/aromatic N) is 3. The smallest absolute Gasteiger partial charge is 0.189 e. The van der Waals surface area contributed by atoms with Crippen molar-refractivity contribution in [1.82, 2.24) is 15.1 Å². The number of aromatic nitrogens is 2. The van der Waals surface area contributed by atoms with Crippen molar-refractivity contribution >= 4 is 29.2 Å². The fraction of sp³-hybridized carbons (Fsp3) is 0.444. The quantitative estimate of drug-likeness (QED) is 0.584. The van der Waals surface area contributed by atoms with Crippen LogP contribution in [0.15, 0.2) is 29.3 Å². The normalized spacial score (nSPS) is 14.4. The summed E-state index contributed by atoms with van der Waals surface area (Å²) in [5, 5.41) is 8.87. The number of nitrogens with two attached hydrogens (primary N) is 1. The second-order valence-corrected chi connectivity index (χ2v) is 7.32. The summed E-state index contributed by atoms with van der Waals surface area (Å²) in [6, 6.07) is 7.44. The van der Waals surface area contributed by atoms with Gasteiger partial charge < -0.3 is 11.1 Å². The molecule has 0 saturated carbocycles. The van der Waals surface area contributed by atoms with Crippen molar-refractivity contribution < 1.29 is 0 Å². The predicted octanol–water partition coefficient (Wildman–Crippen LogP) is 4.11. The first-order valence-electron chi connectivity index (χ1n) is 8.28. The Bertz CT molecular complexity index is 754. The zero-order valence-electron chi connectivity index (χ0n) is 15.1. The molecule has 5 nitrogen and oxygen atoms in total. The number of rotatable bonds is 6. The number of aliphatic imine (C=N–C) groups is 1. The van der Waals surface area contributed by atoms with Gasteiger partial charge in [0.1, 0.15) is 0 Å². The molecule has 0 aliphatic heterocycles. The van der Waals surface area contributed by atoms with Gasteiger partial charge in [-0.15, -0.1) is 0 Å². The third-order valence-corrected chi connectivity index (χ3v) is 4.52. The lowest BCUT2D eigenvalue weighted by molar-refractivity contribution is 0.450. The minimum atomic E-state index is -0.0557. The number of benzene rings is 1. The molecule has 2 unspecified atom stereocenters. The SMILES string of the molecule is Cc1cc(C)n(CC(C)CN=C(N)NC(C)c2ccc(Cl)cc2Cl)n1. The molecule has 2 rings (SSSR count). The first-order valence-corrected chi connectivity index (χ1v) is 9.04. The van der Waals surface area contributed by atoms with Gasteiger partial charge in [0, 0.05) is 28.8 Å². The number of guanidine groups is 1. The Morgan fingerprint density at radius 3 is 2.60 bits per heavy atom. The van der Waals surface area contributed by atoms with Crippen LogP contribution in [0.5, 0.6) is 0 Å². The second-order valence-electron chi connectivity index (χ2n) is 6.47. The molecule has 0 spiro atoms. The molecule has 25 heavy (non-hydrogen) atoms. The lowest BCUT2D eigenvalue weighted by atomic mass is 10.1. The van der Waals surface area contributed by atoms with E-state index in [9.17, 15) is 0 Å². The van der Waals surface area contributed by atoms with Gasteiger partial charge in [0.25, 0.3) is 0 Å². The molecular formula is C18H25Cl2N5. The molecule has 0 amide bonds. The lowest BCUT2D eigenvalue weighted by Crippen LogP contribution is -2.34. The Morgan fingerprint density at radius 1 is 1.28 bits per heavy atom. The van der Waals surface area contributed by atoms with E-state index in [1.165, 1.54) is 0 Å². The zero-order valence-corrected chi connectivity index (χ0v) is 16.6. The van der Waals surface area contributed by atoms with Gasteiger partial charge in [0.05, 0.1) is 11.7 Å². The number of hydrogen-bond donors (Lipinski definition) is 2. The summed E-state index contributed by atoms with van der Waals surface area (Å²) in [7, 11) is 0. The minimum absolute atomic E-state index is 0.0557. The molecule has 1 aromatic carbocycles. The van der Waals surface area contributed by atoms with Crippen molar-refractivity contribution in [3.8, 4) is 0 Å². The van der Waals surface area contributed by atoms with E-state index >= 15 is 0 Å². The molecular weight excluding hydrogens is 357 g/mol. The van der Waals surface area contributed by atoms with Crippen LogP contribution in [-0.4, -0.2) is 22.3 Å². The zero-order chi connectivity index (χ0) is 18.6. The van der Waals surface area contributed by atoms with Crippen LogP contribution in [0.3, 0.4) is 0 Å². The van der Waals surface area contributed by atoms with Crippen molar-refractivity contribution in [3.63, 3.8) is 0 Å². The van der Waals surface area contributed by atoms with Gasteiger partial charge in [0.2, 0.25) is 0 Å². The van der Waals surface area contributed by atoms with Crippen LogP contribution < -0.4 is 11.1 Å². The maximum atomic E-state index is 6.23. The van der Waals surface area contributed by atoms with E-state index < -0.39 is 0 Å². The van der Waals surface area contributed by atoms with Crippen LogP contribution in [0, 0.1) is 19.8 Å². The predicted molar refractivity (Wildman–Crippen MR) is 105 cm³/mol. The van der Waals surface area contributed by atoms with Crippen LogP contribution in [-0.2, 0) is 6.54 Å². The van der Waals surface area contributed by atoms with E-state index in [4.69, 9.17) is 28.9 Å². The van der Waals surface area contributed by atoms with Crippen LogP contribution in [0.1, 0.15) is 36.8 Å². The van der Waals surface area contributed by atoms with Gasteiger partial charge in [-0.05, 0) is 50.5 Å². The molecule has 1 heterocycles. The van der Waals surface area contributed by atoms with E-state index in [2.05, 4.69) is 35.3 Å². The Labute approximate surface area is 159 Å². The summed E-state index contributed by atoms with van der Waals surface area (Å²) in [6.07, 6.45) is 0. The highest BCUT2D eigenvalue weighted by Crippen LogP contribution is 2.25. The molecule has 136 valence electrons. The fourth-order valence-corrected chi connectivity index (χ4v) is 3.24. The molecule has 0 fully saturated rings. The highest BCUT2D eigenvalue weighted by molar-refractivity contribution is 6.35. The van der Waals surface area contributed by atoms with Gasteiger partial charge in [-0.3, -0.25) is 9.67 Å². The summed E-state index contributed by atoms with van der Waals surface area (Å²) in [5.74, 6) is 0.728. The Hall–Kier alpha value is -1.72. The molecule has 0 radical (unpaired) electrons. The van der Waals surface area contributed by atoms with Crippen LogP contribution in [0.4, 0.5) is 0 Å². The first kappa shape index (κ1) is 19.6. The van der Waals surface area contributed by atoms with E-state index in [1.54, 1.807) is 6.07 Å². The maximum absolute atomic E-state index is 6.23. The number of halogens is 2. The molecule has 3 N–H and O–H groups in total. The summed E-state index contributed by atoms with van der Waals surface area (Å²) >= 11 is 12.2. The molecule has 0 aliphatic rings. The average molecular weight is 382 g/mol. The number of aryl methyl sites for hydroxylation is 2. The van der Waals surface area contributed by atoms with Gasteiger partial charge in [-0.2, -0.15) is 5.10 Å². The van der Waals surface area contributed by atoms with Crippen molar-refractivity contribution in [2.24, 2.45) is 16.6 Å². The molecule has 2 aromatic rings. The fourth-order valence-electron chi connectivity index (χ4n) is 2.66. The summed E-state index contributed by atoms with van der Waals surface area (Å²) in [5.41, 5.74) is 9.13. The van der Waals surface area contributed by atoms with Gasteiger partial charge in [-0.1, -0.05) is 36.2 Å². The summed E-state index contributed by atoms with van der Waals surface area (Å²) < 4.78 is 2.01. The van der Waals surface area contributed by atoms with Crippen molar-refractivity contribution in [2.45, 2.75) is 40.3 Å². The van der Waals surface area contributed by atoms with Crippen LogP contribution in [0.2, 0.25) is 10.0 Å². The topological polar surface area (TPSA) is 68.2 Å². The largest absolute Gasteiger partial charge is 0.370 e. The maximum Gasteiger partial charge on any atom is 0.189 e. The Balaban J connectivity index is 1.91. The number of nitrogens with one attached hydrogen (secondary N) is 1. The first-order chi connectivity index (χ1) is 11.8. The van der Waals surface area contributed by atoms with Gasteiger partial charge in [0.15, 0.2) is 5.96 Å². The molecule has 0 aliphatic carbocycles. The highest BCUT2D eigenvalue weighted by Gasteiger charge is 2.11. The molecule has 2 atom stereocenters. The van der Waals surface area contributed by atoms with E-state index in [1.807, 2.05) is 30.7 Å². The molecule has 0 saturated heterocycles. The number of hydrogen-bond acceptors (Lipinski definition) is 2. The summed E-state index contributed by atoms with van der Waals surface area (Å²) in [4.78, 5) is 4.44. The van der Waals surface area contributed by atoms with Crippen LogP contribution >= 0.6 is 23.2 Å². The molecule has 0 bridgehead atoms. The standard InChI is InChI=1S/C18H25Cl2N5/c1-11(10-25-13(3)7-12(2)24-25)9-22-18(21)23-14(4)16-6-5-15(19)8-17(16)20/h5-8,11,14H,9-10H2,1-4H3,(H3,21,22,23). The van der Waals surface area contributed by atoms with Crippen LogP contribution in [0.25, 0.3) is 0 Å². The molecule has 7 heteroatoms. The monoisotopic (exact) mass is 381 g/mol. The van der Waals surface area contributed by atoms with Crippen molar-refractivity contribution in [1.29, 1.82) is 0 Å². The third-order valence-electron chi connectivity index (χ3n) is 3.95. The lowest BCUT2D eigenvalue weighted by Gasteiger charge is -2.17. The third kappa shape index (κ3) is 5.65. The molecule has 1 aromatic heterocycles. The van der Waals surface area contributed by atoms with E-state index in [-0.39, 0.29) is 6.04 Å². The second kappa shape index (κ2) is 8.59. The van der Waals surface area contributed by atoms with E-state index in [0.717, 1.165) is 23.5 Å². The average Bonchev–Trinajstić information content (AvgIpc) is 2.82.